The first-order chi connectivity index (χ1) is 5.54. The van der Waals surface area contributed by atoms with Crippen LogP contribution in [0.3, 0.4) is 0 Å². The van der Waals surface area contributed by atoms with Gasteiger partial charge in [0.15, 0.2) is 0 Å². The standard InChI is InChI=1S/C4H6O7S2/c1-3(2-12(6,7)8)4(5)13(9,10)11/h2H,1H3,(H,6,7,8)(H,9,10,11). The van der Waals surface area contributed by atoms with Crippen molar-refractivity contribution in [2.24, 2.45) is 0 Å². The van der Waals surface area contributed by atoms with Crippen LogP contribution in [0.1, 0.15) is 6.92 Å². The van der Waals surface area contributed by atoms with E-state index in [2.05, 4.69) is 0 Å². The molecule has 13 heavy (non-hydrogen) atoms. The molecule has 0 aliphatic heterocycles. The van der Waals surface area contributed by atoms with Crippen LogP contribution in [0.15, 0.2) is 11.0 Å². The molecule has 76 valence electrons. The minimum atomic E-state index is -4.96. The highest BCUT2D eigenvalue weighted by atomic mass is 32.2. The molecule has 0 spiro atoms. The summed E-state index contributed by atoms with van der Waals surface area (Å²) in [5.74, 6) is 0. The highest BCUT2D eigenvalue weighted by Crippen LogP contribution is 2.02. The van der Waals surface area contributed by atoms with E-state index >= 15 is 0 Å². The van der Waals surface area contributed by atoms with Crippen molar-refractivity contribution in [1.29, 1.82) is 0 Å². The first-order valence-corrected chi connectivity index (χ1v) is 5.66. The number of hydrogen-bond donors (Lipinski definition) is 2. The van der Waals surface area contributed by atoms with Gasteiger partial charge in [-0.25, -0.2) is 0 Å². The fraction of sp³-hybridized carbons (Fsp3) is 0.250. The van der Waals surface area contributed by atoms with Crippen molar-refractivity contribution in [3.8, 4) is 0 Å². The second-order valence-corrected chi connectivity index (χ2v) is 4.66. The van der Waals surface area contributed by atoms with E-state index in [0.29, 0.717) is 0 Å². The summed E-state index contributed by atoms with van der Waals surface area (Å²) in [6.45, 7) is 0.823. The van der Waals surface area contributed by atoms with Crippen molar-refractivity contribution in [1.82, 2.24) is 0 Å². The van der Waals surface area contributed by atoms with Gasteiger partial charge >= 0.3 is 10.1 Å². The third kappa shape index (κ3) is 4.72. The number of hydrogen-bond acceptors (Lipinski definition) is 5. The average molecular weight is 230 g/mol. The summed E-state index contributed by atoms with van der Waals surface area (Å²) in [7, 11) is -9.54. The molecule has 0 rings (SSSR count). The largest absolute Gasteiger partial charge is 0.333 e. The molecule has 0 atom stereocenters. The van der Waals surface area contributed by atoms with E-state index in [9.17, 15) is 21.6 Å². The molecule has 2 N–H and O–H groups in total. The third-order valence-electron chi connectivity index (χ3n) is 0.882. The molecule has 0 aromatic carbocycles. The predicted octanol–water partition coefficient (Wildman–Crippen LogP) is -0.808. The normalized spacial score (nSPS) is 14.2. The van der Waals surface area contributed by atoms with E-state index in [4.69, 9.17) is 9.11 Å². The molecule has 0 aliphatic carbocycles. The lowest BCUT2D eigenvalue weighted by atomic mass is 10.4. The molecule has 7 nitrogen and oxygen atoms in total. The highest BCUT2D eigenvalue weighted by Gasteiger charge is 2.21. The quantitative estimate of drug-likeness (QED) is 0.469. The topological polar surface area (TPSA) is 126 Å². The summed E-state index contributed by atoms with van der Waals surface area (Å²) >= 11 is 0. The summed E-state index contributed by atoms with van der Waals surface area (Å²) in [6, 6.07) is 0. The van der Waals surface area contributed by atoms with Crippen LogP contribution in [0.2, 0.25) is 0 Å². The molecule has 0 unspecified atom stereocenters. The van der Waals surface area contributed by atoms with Gasteiger partial charge in [0, 0.05) is 5.57 Å². The van der Waals surface area contributed by atoms with E-state index in [1.165, 1.54) is 0 Å². The Balaban J connectivity index is 5.19. The molecule has 0 aromatic rings. The third-order valence-corrected chi connectivity index (χ3v) is 2.32. The first-order valence-electron chi connectivity index (χ1n) is 2.71. The van der Waals surface area contributed by atoms with Gasteiger partial charge in [-0.1, -0.05) is 0 Å². The Morgan fingerprint density at radius 2 is 1.54 bits per heavy atom. The average Bonchev–Trinajstić information content (AvgIpc) is 1.79. The Bertz CT molecular complexity index is 437. The lowest BCUT2D eigenvalue weighted by Gasteiger charge is -1.94. The first kappa shape index (κ1) is 12.2. The summed E-state index contributed by atoms with van der Waals surface area (Å²) < 4.78 is 56.9. The van der Waals surface area contributed by atoms with Gasteiger partial charge in [-0.2, -0.15) is 16.8 Å². The van der Waals surface area contributed by atoms with Gasteiger partial charge in [-0.15, -0.1) is 0 Å². The maximum atomic E-state index is 10.6. The van der Waals surface area contributed by atoms with Gasteiger partial charge in [0.05, 0.1) is 5.41 Å². The minimum Gasteiger partial charge on any atom is -0.282 e. The zero-order valence-corrected chi connectivity index (χ0v) is 7.96. The van der Waals surface area contributed by atoms with E-state index in [-0.39, 0.29) is 5.41 Å². The second kappa shape index (κ2) is 3.54. The maximum Gasteiger partial charge on any atom is 0.333 e. The van der Waals surface area contributed by atoms with Crippen LogP contribution in [-0.4, -0.2) is 31.1 Å². The Hall–Kier alpha value is -0.770. The van der Waals surface area contributed by atoms with Crippen LogP contribution in [-0.2, 0) is 25.0 Å². The van der Waals surface area contributed by atoms with Crippen molar-refractivity contribution in [3.63, 3.8) is 0 Å². The van der Waals surface area contributed by atoms with Gasteiger partial charge in [-0.05, 0) is 6.92 Å². The minimum absolute atomic E-state index is 0.0309. The molecule has 0 aliphatic rings. The van der Waals surface area contributed by atoms with Crippen molar-refractivity contribution in [2.75, 3.05) is 0 Å². The highest BCUT2D eigenvalue weighted by molar-refractivity contribution is 8.01. The molecule has 0 heterocycles. The Morgan fingerprint density at radius 1 is 1.15 bits per heavy atom. The van der Waals surface area contributed by atoms with E-state index < -0.39 is 30.9 Å². The zero-order valence-electron chi connectivity index (χ0n) is 6.33. The maximum absolute atomic E-state index is 10.6. The van der Waals surface area contributed by atoms with Crippen LogP contribution < -0.4 is 0 Å². The molecule has 0 amide bonds. The molecular formula is C4H6O7S2. The van der Waals surface area contributed by atoms with E-state index in [1.807, 2.05) is 0 Å². The SMILES string of the molecule is CC(=CS(=O)(=O)O)C(=O)S(=O)(=O)O. The fourth-order valence-corrected chi connectivity index (χ4v) is 1.57. The molecule has 0 saturated heterocycles. The van der Waals surface area contributed by atoms with Crippen LogP contribution in [0.4, 0.5) is 0 Å². The summed E-state index contributed by atoms with van der Waals surface area (Å²) in [5, 5.41) is -1.74. The molecule has 0 aromatic heterocycles. The van der Waals surface area contributed by atoms with Gasteiger partial charge in [-0.3, -0.25) is 13.9 Å². The molecule has 9 heteroatoms. The van der Waals surface area contributed by atoms with Gasteiger partial charge in [0.25, 0.3) is 15.2 Å². The van der Waals surface area contributed by atoms with Gasteiger partial charge in [0.2, 0.25) is 0 Å². The molecule has 0 bridgehead atoms. The van der Waals surface area contributed by atoms with Gasteiger partial charge in [0.1, 0.15) is 0 Å². The van der Waals surface area contributed by atoms with Crippen LogP contribution in [0.5, 0.6) is 0 Å². The van der Waals surface area contributed by atoms with Crippen LogP contribution >= 0.6 is 0 Å². The van der Waals surface area contributed by atoms with E-state index in [1.54, 1.807) is 0 Å². The van der Waals surface area contributed by atoms with E-state index in [0.717, 1.165) is 6.92 Å². The van der Waals surface area contributed by atoms with Crippen LogP contribution in [0.25, 0.3) is 0 Å². The lowest BCUT2D eigenvalue weighted by molar-refractivity contribution is -0.109. The Kier molecular flexibility index (Phi) is 3.33. The molecule has 0 saturated carbocycles. The smallest absolute Gasteiger partial charge is 0.282 e. The molecular weight excluding hydrogens is 224 g/mol. The fourth-order valence-electron chi connectivity index (χ4n) is 0.475. The second-order valence-electron chi connectivity index (χ2n) is 2.08. The lowest BCUT2D eigenvalue weighted by Crippen LogP contribution is -2.14. The van der Waals surface area contributed by atoms with Crippen molar-refractivity contribution < 1.29 is 30.7 Å². The molecule has 0 radical (unpaired) electrons. The van der Waals surface area contributed by atoms with Crippen molar-refractivity contribution in [2.45, 2.75) is 6.92 Å². The molecule has 0 fully saturated rings. The summed E-state index contributed by atoms with van der Waals surface area (Å²) in [6.07, 6.45) is 0. The Morgan fingerprint density at radius 3 is 1.77 bits per heavy atom. The van der Waals surface area contributed by atoms with Gasteiger partial charge < -0.3 is 0 Å². The monoisotopic (exact) mass is 230 g/mol. The number of rotatable bonds is 2. The summed E-state index contributed by atoms with van der Waals surface area (Å²) in [4.78, 5) is 10.6. The summed E-state index contributed by atoms with van der Waals surface area (Å²) in [5.41, 5.74) is -0.801. The Labute approximate surface area is 74.6 Å². The number of carbonyl (C=O) groups is 1. The van der Waals surface area contributed by atoms with Crippen molar-refractivity contribution in [3.05, 3.63) is 11.0 Å². The predicted molar refractivity (Wildman–Crippen MR) is 41.9 cm³/mol. The zero-order chi connectivity index (χ0) is 10.9. The van der Waals surface area contributed by atoms with Crippen LogP contribution in [0, 0.1) is 0 Å². The number of carbonyl (C=O) groups excluding carboxylic acids is 1. The van der Waals surface area contributed by atoms with Crippen molar-refractivity contribution >= 4 is 25.4 Å².